The van der Waals surface area contributed by atoms with Crippen molar-refractivity contribution in [1.82, 2.24) is 9.97 Å². The molecule has 0 saturated heterocycles. The van der Waals surface area contributed by atoms with E-state index in [0.29, 0.717) is 5.75 Å². The first-order valence-electron chi connectivity index (χ1n) is 6.86. The lowest BCUT2D eigenvalue weighted by Gasteiger charge is -2.09. The standard InChI is InChI=1S/C16H13F3N2OS/c17-16(18,19)10-22-12-7-5-11(6-8-12)9-23-15-20-13-3-1-2-4-14(13)21-15/h1-8H,9-10H2,(H,20,21). The monoisotopic (exact) mass is 338 g/mol. The topological polar surface area (TPSA) is 37.9 Å². The van der Waals surface area contributed by atoms with Crippen LogP contribution in [0.5, 0.6) is 5.75 Å². The molecule has 0 amide bonds. The van der Waals surface area contributed by atoms with E-state index in [1.54, 1.807) is 24.3 Å². The van der Waals surface area contributed by atoms with Gasteiger partial charge in [0, 0.05) is 5.75 Å². The van der Waals surface area contributed by atoms with E-state index in [2.05, 4.69) is 14.7 Å². The van der Waals surface area contributed by atoms with Crippen LogP contribution in [0.3, 0.4) is 0 Å². The van der Waals surface area contributed by atoms with Crippen LogP contribution in [-0.2, 0) is 5.75 Å². The largest absolute Gasteiger partial charge is 0.484 e. The number of aromatic amines is 1. The number of fused-ring (bicyclic) bond motifs is 1. The molecule has 0 aliphatic carbocycles. The highest BCUT2D eigenvalue weighted by Crippen LogP contribution is 2.24. The molecule has 0 fully saturated rings. The van der Waals surface area contributed by atoms with Crippen LogP contribution in [-0.4, -0.2) is 22.8 Å². The van der Waals surface area contributed by atoms with Crippen LogP contribution in [0, 0.1) is 0 Å². The Morgan fingerprint density at radius 1 is 1.04 bits per heavy atom. The highest BCUT2D eigenvalue weighted by atomic mass is 32.2. The number of para-hydroxylation sites is 2. The van der Waals surface area contributed by atoms with Crippen molar-refractivity contribution in [3.8, 4) is 5.75 Å². The van der Waals surface area contributed by atoms with Gasteiger partial charge in [-0.3, -0.25) is 0 Å². The SMILES string of the molecule is FC(F)(F)COc1ccc(CSc2nc3ccccc3[nH]2)cc1. The smallest absolute Gasteiger partial charge is 0.422 e. The number of nitrogens with zero attached hydrogens (tertiary/aromatic N) is 1. The second-order valence-corrected chi connectivity index (χ2v) is 5.86. The third-order valence-electron chi connectivity index (χ3n) is 3.07. The summed E-state index contributed by atoms with van der Waals surface area (Å²) in [6.45, 7) is -1.28. The fraction of sp³-hybridized carbons (Fsp3) is 0.188. The minimum absolute atomic E-state index is 0.208. The molecule has 0 bridgehead atoms. The Labute approximate surface area is 134 Å². The molecule has 7 heteroatoms. The summed E-state index contributed by atoms with van der Waals surface area (Å²) in [4.78, 5) is 7.68. The first kappa shape index (κ1) is 15.7. The number of hydrogen-bond acceptors (Lipinski definition) is 3. The van der Waals surface area contributed by atoms with Crippen LogP contribution in [0.2, 0.25) is 0 Å². The minimum Gasteiger partial charge on any atom is -0.484 e. The summed E-state index contributed by atoms with van der Waals surface area (Å²) >= 11 is 1.54. The number of hydrogen-bond donors (Lipinski definition) is 1. The lowest BCUT2D eigenvalue weighted by molar-refractivity contribution is -0.153. The highest BCUT2D eigenvalue weighted by Gasteiger charge is 2.28. The fourth-order valence-corrected chi connectivity index (χ4v) is 2.84. The maximum absolute atomic E-state index is 12.1. The van der Waals surface area contributed by atoms with Crippen LogP contribution in [0.25, 0.3) is 11.0 Å². The van der Waals surface area contributed by atoms with E-state index in [9.17, 15) is 13.2 Å². The minimum atomic E-state index is -4.32. The zero-order valence-corrected chi connectivity index (χ0v) is 12.7. The molecule has 0 unspecified atom stereocenters. The molecule has 3 aromatic rings. The number of benzene rings is 2. The molecule has 0 atom stereocenters. The second-order valence-electron chi connectivity index (χ2n) is 4.90. The van der Waals surface area contributed by atoms with Crippen molar-refractivity contribution < 1.29 is 17.9 Å². The predicted molar refractivity (Wildman–Crippen MR) is 83.6 cm³/mol. The summed E-state index contributed by atoms with van der Waals surface area (Å²) in [6, 6.07) is 14.3. The number of ether oxygens (including phenoxy) is 1. The molecule has 1 heterocycles. The van der Waals surface area contributed by atoms with Gasteiger partial charge in [0.25, 0.3) is 0 Å². The quantitative estimate of drug-likeness (QED) is 0.679. The van der Waals surface area contributed by atoms with Crippen molar-refractivity contribution >= 4 is 22.8 Å². The molecular formula is C16H13F3N2OS. The number of imidazole rings is 1. The van der Waals surface area contributed by atoms with Gasteiger partial charge < -0.3 is 9.72 Å². The first-order chi connectivity index (χ1) is 11.0. The molecule has 3 rings (SSSR count). The van der Waals surface area contributed by atoms with E-state index >= 15 is 0 Å². The van der Waals surface area contributed by atoms with Crippen LogP contribution >= 0.6 is 11.8 Å². The van der Waals surface area contributed by atoms with E-state index in [0.717, 1.165) is 21.8 Å². The van der Waals surface area contributed by atoms with Crippen molar-refractivity contribution in [2.45, 2.75) is 17.1 Å². The molecule has 0 aliphatic heterocycles. The van der Waals surface area contributed by atoms with Gasteiger partial charge in [0.1, 0.15) is 5.75 Å². The summed E-state index contributed by atoms with van der Waals surface area (Å²) in [5.41, 5.74) is 2.87. The van der Waals surface area contributed by atoms with Gasteiger partial charge in [0.15, 0.2) is 11.8 Å². The zero-order valence-electron chi connectivity index (χ0n) is 11.9. The summed E-state index contributed by atoms with van der Waals surface area (Å²) < 4.78 is 40.9. The number of thioether (sulfide) groups is 1. The Balaban J connectivity index is 1.58. The Bertz CT molecular complexity index is 751. The molecule has 0 aliphatic rings. The molecule has 0 spiro atoms. The second kappa shape index (κ2) is 6.54. The van der Waals surface area contributed by atoms with E-state index < -0.39 is 12.8 Å². The third kappa shape index (κ3) is 4.41. The molecule has 1 aromatic heterocycles. The lowest BCUT2D eigenvalue weighted by Crippen LogP contribution is -2.19. The molecule has 23 heavy (non-hydrogen) atoms. The van der Waals surface area contributed by atoms with Crippen molar-refractivity contribution in [2.24, 2.45) is 0 Å². The normalized spacial score (nSPS) is 11.8. The van der Waals surface area contributed by atoms with Gasteiger partial charge in [0.05, 0.1) is 11.0 Å². The molecule has 0 saturated carbocycles. The average molecular weight is 338 g/mol. The van der Waals surface area contributed by atoms with E-state index in [1.165, 1.54) is 11.8 Å². The van der Waals surface area contributed by atoms with Crippen molar-refractivity contribution in [3.63, 3.8) is 0 Å². The molecule has 120 valence electrons. The zero-order chi connectivity index (χ0) is 16.3. The van der Waals surface area contributed by atoms with Crippen molar-refractivity contribution in [2.75, 3.05) is 6.61 Å². The van der Waals surface area contributed by atoms with Crippen LogP contribution in [0.1, 0.15) is 5.56 Å². The summed E-state index contributed by atoms with van der Waals surface area (Å²) in [7, 11) is 0. The molecule has 0 radical (unpaired) electrons. The Morgan fingerprint density at radius 3 is 2.48 bits per heavy atom. The number of rotatable bonds is 5. The number of nitrogens with one attached hydrogen (secondary N) is 1. The van der Waals surface area contributed by atoms with Gasteiger partial charge in [-0.2, -0.15) is 13.2 Å². The van der Waals surface area contributed by atoms with Gasteiger partial charge in [-0.1, -0.05) is 36.0 Å². The average Bonchev–Trinajstić information content (AvgIpc) is 2.94. The molecular weight excluding hydrogens is 325 g/mol. The number of aromatic nitrogens is 2. The number of H-pyrrole nitrogens is 1. The molecule has 1 N–H and O–H groups in total. The van der Waals surface area contributed by atoms with E-state index in [4.69, 9.17) is 0 Å². The lowest BCUT2D eigenvalue weighted by atomic mass is 10.2. The maximum Gasteiger partial charge on any atom is 0.422 e. The Hall–Kier alpha value is -2.15. The Morgan fingerprint density at radius 2 is 1.78 bits per heavy atom. The van der Waals surface area contributed by atoms with Crippen LogP contribution < -0.4 is 4.74 Å². The van der Waals surface area contributed by atoms with Crippen molar-refractivity contribution in [3.05, 3.63) is 54.1 Å². The third-order valence-corrected chi connectivity index (χ3v) is 4.01. The summed E-state index contributed by atoms with van der Waals surface area (Å²) in [5.74, 6) is 0.874. The van der Waals surface area contributed by atoms with Gasteiger partial charge in [-0.25, -0.2) is 4.98 Å². The Kier molecular flexibility index (Phi) is 4.47. The van der Waals surface area contributed by atoms with Gasteiger partial charge in [-0.15, -0.1) is 0 Å². The summed E-state index contributed by atoms with van der Waals surface area (Å²) in [5, 5.41) is 0.809. The highest BCUT2D eigenvalue weighted by molar-refractivity contribution is 7.98. The van der Waals surface area contributed by atoms with Gasteiger partial charge >= 0.3 is 6.18 Å². The first-order valence-corrected chi connectivity index (χ1v) is 7.84. The van der Waals surface area contributed by atoms with E-state index in [-0.39, 0.29) is 5.75 Å². The van der Waals surface area contributed by atoms with Crippen molar-refractivity contribution in [1.29, 1.82) is 0 Å². The predicted octanol–water partition coefficient (Wildman–Crippen LogP) is 4.80. The maximum atomic E-state index is 12.1. The summed E-state index contributed by atoms with van der Waals surface area (Å²) in [6.07, 6.45) is -4.32. The fourth-order valence-electron chi connectivity index (χ4n) is 2.00. The van der Waals surface area contributed by atoms with Gasteiger partial charge in [-0.05, 0) is 29.8 Å². The molecule has 2 aromatic carbocycles. The van der Waals surface area contributed by atoms with Crippen LogP contribution in [0.15, 0.2) is 53.7 Å². The number of alkyl halides is 3. The molecule has 3 nitrogen and oxygen atoms in total. The van der Waals surface area contributed by atoms with Crippen LogP contribution in [0.4, 0.5) is 13.2 Å². The number of halogens is 3. The van der Waals surface area contributed by atoms with Gasteiger partial charge in [0.2, 0.25) is 0 Å². The van der Waals surface area contributed by atoms with E-state index in [1.807, 2.05) is 24.3 Å².